The molecule has 4 bridgehead atoms. The highest BCUT2D eigenvalue weighted by Crippen LogP contribution is 2.78. The molecule has 0 aromatic rings. The van der Waals surface area contributed by atoms with Crippen molar-refractivity contribution in [3.8, 4) is 0 Å². The Morgan fingerprint density at radius 3 is 2.69 bits per heavy atom. The molecule has 7 nitrogen and oxygen atoms in total. The lowest BCUT2D eigenvalue weighted by Gasteiger charge is -2.47. The Kier molecular flexibility index (Phi) is 2.79. The molecule has 4 aliphatic carbocycles. The van der Waals surface area contributed by atoms with E-state index in [4.69, 9.17) is 4.74 Å². The van der Waals surface area contributed by atoms with Crippen LogP contribution in [0.2, 0.25) is 0 Å². The molecule has 0 unspecified atom stereocenters. The molecule has 1 saturated heterocycles. The lowest BCUT2D eigenvalue weighted by molar-refractivity contribution is -0.165. The Morgan fingerprint density at radius 2 is 2.04 bits per heavy atom. The Labute approximate surface area is 150 Å². The first-order valence-corrected chi connectivity index (χ1v) is 9.26. The predicted molar refractivity (Wildman–Crippen MR) is 86.7 cm³/mol. The van der Waals surface area contributed by atoms with Crippen molar-refractivity contribution in [2.75, 3.05) is 0 Å². The molecule has 142 valence electrons. The van der Waals surface area contributed by atoms with E-state index in [-0.39, 0.29) is 12.3 Å². The number of carboxylic acids is 1. The van der Waals surface area contributed by atoms with Gasteiger partial charge in [-0.05, 0) is 43.6 Å². The third-order valence-electron chi connectivity index (χ3n) is 8.57. The summed E-state index contributed by atoms with van der Waals surface area (Å²) in [6, 6.07) is 0. The fourth-order valence-electron chi connectivity index (χ4n) is 7.71. The molecule has 5 aliphatic rings. The topological polar surface area (TPSA) is 124 Å². The summed E-state index contributed by atoms with van der Waals surface area (Å²) < 4.78 is 5.87. The Morgan fingerprint density at radius 1 is 1.35 bits per heavy atom. The van der Waals surface area contributed by atoms with Crippen LogP contribution in [0.1, 0.15) is 39.0 Å². The highest BCUT2D eigenvalue weighted by atomic mass is 16.6. The zero-order valence-corrected chi connectivity index (χ0v) is 14.6. The number of fused-ring (bicyclic) bond motifs is 1. The number of rotatable bonds is 1. The van der Waals surface area contributed by atoms with E-state index in [9.17, 15) is 30.0 Å². The van der Waals surface area contributed by atoms with Crippen molar-refractivity contribution in [2.24, 2.45) is 28.6 Å². The lowest BCUT2D eigenvalue weighted by atomic mass is 9.58. The number of ether oxygens (including phenoxy) is 1. The molecule has 26 heavy (non-hydrogen) atoms. The summed E-state index contributed by atoms with van der Waals surface area (Å²) in [5.41, 5.74) is -3.74. The van der Waals surface area contributed by atoms with Crippen LogP contribution in [0.4, 0.5) is 0 Å². The second-order valence-electron chi connectivity index (χ2n) is 9.45. The van der Waals surface area contributed by atoms with E-state index in [1.165, 1.54) is 6.92 Å². The van der Waals surface area contributed by atoms with Gasteiger partial charge >= 0.3 is 11.9 Å². The van der Waals surface area contributed by atoms with Gasteiger partial charge in [-0.25, -0.2) is 0 Å². The Balaban J connectivity index is 1.77. The third kappa shape index (κ3) is 1.43. The Bertz CT molecular complexity index is 763. The van der Waals surface area contributed by atoms with E-state index in [2.05, 4.69) is 6.58 Å². The molecule has 1 spiro atoms. The number of carboxylic acid groups (broad SMARTS) is 1. The van der Waals surface area contributed by atoms with Crippen LogP contribution in [0, 0.1) is 28.6 Å². The highest BCUT2D eigenvalue weighted by Gasteiger charge is 2.85. The van der Waals surface area contributed by atoms with Gasteiger partial charge in [0.15, 0.2) is 0 Å². The van der Waals surface area contributed by atoms with Gasteiger partial charge in [-0.2, -0.15) is 0 Å². The number of carbonyl (C=O) groups is 2. The van der Waals surface area contributed by atoms with Crippen molar-refractivity contribution in [3.63, 3.8) is 0 Å². The summed E-state index contributed by atoms with van der Waals surface area (Å²) in [7, 11) is 0. The van der Waals surface area contributed by atoms with Crippen LogP contribution in [0.5, 0.6) is 0 Å². The second-order valence-corrected chi connectivity index (χ2v) is 9.45. The van der Waals surface area contributed by atoms with Gasteiger partial charge in [0.25, 0.3) is 0 Å². The number of hydrogen-bond donors (Lipinski definition) is 4. The molecule has 9 atom stereocenters. The van der Waals surface area contributed by atoms with Crippen molar-refractivity contribution in [1.82, 2.24) is 0 Å². The van der Waals surface area contributed by atoms with E-state index in [0.717, 1.165) is 0 Å². The largest absolute Gasteiger partial charge is 0.481 e. The monoisotopic (exact) mass is 364 g/mol. The van der Waals surface area contributed by atoms with Crippen LogP contribution in [0.25, 0.3) is 0 Å². The van der Waals surface area contributed by atoms with E-state index in [1.807, 2.05) is 0 Å². The average molecular weight is 364 g/mol. The zero-order chi connectivity index (χ0) is 18.9. The molecule has 0 amide bonds. The first kappa shape index (κ1) is 16.7. The molecular formula is C19H24O7. The second kappa shape index (κ2) is 4.34. The maximum Gasteiger partial charge on any atom is 0.315 e. The van der Waals surface area contributed by atoms with Gasteiger partial charge in [-0.3, -0.25) is 9.59 Å². The van der Waals surface area contributed by atoms with Gasteiger partial charge < -0.3 is 25.2 Å². The molecular weight excluding hydrogens is 340 g/mol. The molecule has 5 fully saturated rings. The lowest BCUT2D eigenvalue weighted by Crippen LogP contribution is -2.59. The zero-order valence-electron chi connectivity index (χ0n) is 14.6. The molecule has 0 aromatic heterocycles. The minimum atomic E-state index is -1.46. The molecule has 0 radical (unpaired) electrons. The third-order valence-corrected chi connectivity index (χ3v) is 8.57. The van der Waals surface area contributed by atoms with Crippen molar-refractivity contribution in [2.45, 2.75) is 62.4 Å². The van der Waals surface area contributed by atoms with Crippen LogP contribution in [0.3, 0.4) is 0 Å². The molecule has 5 rings (SSSR count). The normalized spacial score (nSPS) is 59.8. The Hall–Kier alpha value is -1.44. The van der Waals surface area contributed by atoms with Gasteiger partial charge in [0.1, 0.15) is 11.0 Å². The van der Waals surface area contributed by atoms with Crippen LogP contribution in [-0.4, -0.2) is 55.8 Å². The molecule has 0 aromatic carbocycles. The molecule has 1 heterocycles. The van der Waals surface area contributed by atoms with Crippen molar-refractivity contribution in [1.29, 1.82) is 0 Å². The maximum atomic E-state index is 12.8. The quantitative estimate of drug-likeness (QED) is 0.388. The molecule has 4 N–H and O–H groups in total. The van der Waals surface area contributed by atoms with E-state index in [0.29, 0.717) is 31.3 Å². The fraction of sp³-hybridized carbons (Fsp3) is 0.789. The smallest absolute Gasteiger partial charge is 0.315 e. The van der Waals surface area contributed by atoms with Gasteiger partial charge in [0.05, 0.1) is 23.7 Å². The van der Waals surface area contributed by atoms with Gasteiger partial charge in [0, 0.05) is 18.3 Å². The number of aliphatic hydroxyl groups excluding tert-OH is 2. The van der Waals surface area contributed by atoms with Gasteiger partial charge in [-0.15, -0.1) is 0 Å². The summed E-state index contributed by atoms with van der Waals surface area (Å²) in [6.07, 6.45) is -0.827. The summed E-state index contributed by atoms with van der Waals surface area (Å²) in [6.45, 7) is 5.53. The summed E-state index contributed by atoms with van der Waals surface area (Å²) in [5.74, 6) is -3.58. The number of aliphatic hydroxyl groups is 3. The highest BCUT2D eigenvalue weighted by molar-refractivity contribution is 5.85. The number of carbonyl (C=O) groups excluding carboxylic acids is 1. The first-order valence-electron chi connectivity index (χ1n) is 9.26. The van der Waals surface area contributed by atoms with Gasteiger partial charge in [0.2, 0.25) is 0 Å². The van der Waals surface area contributed by atoms with Crippen LogP contribution in [0.15, 0.2) is 12.2 Å². The van der Waals surface area contributed by atoms with E-state index in [1.54, 1.807) is 0 Å². The van der Waals surface area contributed by atoms with Crippen LogP contribution >= 0.6 is 0 Å². The van der Waals surface area contributed by atoms with Gasteiger partial charge in [-0.1, -0.05) is 6.58 Å². The number of esters is 1. The fourth-order valence-corrected chi connectivity index (χ4v) is 7.71. The molecule has 7 heteroatoms. The maximum absolute atomic E-state index is 12.8. The standard InChI is InChI=1S/C19H24O7/c1-8-5-17-7-18(8,25)4-3-10(17)19-6-9(20)13(21)16(2,15(24)26-19)12(19)11(17)14(22)23/h9-13,20-21,25H,1,3-7H2,2H3,(H,22,23)/t9-,10+,11+,12+,13-,16-,17-,18-,19+/m0/s1. The molecule has 4 saturated carbocycles. The van der Waals surface area contributed by atoms with Crippen molar-refractivity contribution < 1.29 is 34.8 Å². The SMILES string of the molecule is C=C1C[C@]23C[C@@]1(O)CC[C@H]2[C@@]12C[C@H](O)[C@H](O)[C@@](C)(C(=O)O1)[C@H]2[C@@H]3C(=O)O. The van der Waals surface area contributed by atoms with Crippen LogP contribution < -0.4 is 0 Å². The molecule has 1 aliphatic heterocycles. The first-order chi connectivity index (χ1) is 12.0. The number of hydrogen-bond acceptors (Lipinski definition) is 6. The summed E-state index contributed by atoms with van der Waals surface area (Å²) in [5, 5.41) is 42.2. The average Bonchev–Trinajstić information content (AvgIpc) is 2.96. The summed E-state index contributed by atoms with van der Waals surface area (Å²) in [4.78, 5) is 25.2. The van der Waals surface area contributed by atoms with E-state index >= 15 is 0 Å². The van der Waals surface area contributed by atoms with Crippen LogP contribution in [-0.2, 0) is 14.3 Å². The van der Waals surface area contributed by atoms with E-state index < -0.39 is 58.0 Å². The summed E-state index contributed by atoms with van der Waals surface area (Å²) >= 11 is 0. The minimum absolute atomic E-state index is 0.0429. The van der Waals surface area contributed by atoms with Crippen molar-refractivity contribution >= 4 is 11.9 Å². The minimum Gasteiger partial charge on any atom is -0.481 e. The predicted octanol–water partition coefficient (Wildman–Crippen LogP) is 0.222. The number of aliphatic carboxylic acids is 1. The van der Waals surface area contributed by atoms with Crippen molar-refractivity contribution in [3.05, 3.63) is 12.2 Å².